The fraction of sp³-hybridized carbons (Fsp3) is 0.312. The van der Waals surface area contributed by atoms with Gasteiger partial charge in [0.1, 0.15) is 5.75 Å². The summed E-state index contributed by atoms with van der Waals surface area (Å²) < 4.78 is 0. The normalized spacial score (nSPS) is 10.7. The molecule has 0 radical (unpaired) electrons. The Morgan fingerprint density at radius 3 is 2.60 bits per heavy atom. The second kappa shape index (κ2) is 6.91. The van der Waals surface area contributed by atoms with Crippen LogP contribution in [-0.4, -0.2) is 17.6 Å². The third-order valence-electron chi connectivity index (χ3n) is 3.28. The van der Waals surface area contributed by atoms with E-state index in [2.05, 4.69) is 5.32 Å². The number of unbranched alkanes of at least 4 members (excludes halogenated alkanes) is 2. The zero-order chi connectivity index (χ0) is 14.4. The lowest BCUT2D eigenvalue weighted by Crippen LogP contribution is -2.11. The third kappa shape index (κ3) is 3.48. The minimum absolute atomic E-state index is 0.00198. The van der Waals surface area contributed by atoms with Gasteiger partial charge in [0.25, 0.3) is 0 Å². The number of hydrogen-bond acceptors (Lipinski definition) is 3. The largest absolute Gasteiger partial charge is 0.507 e. The Kier molecular flexibility index (Phi) is 4.96. The highest BCUT2D eigenvalue weighted by molar-refractivity contribution is 6.03. The summed E-state index contributed by atoms with van der Waals surface area (Å²) in [5, 5.41) is 14.3. The van der Waals surface area contributed by atoms with Gasteiger partial charge < -0.3 is 16.2 Å². The summed E-state index contributed by atoms with van der Waals surface area (Å²) in [5.74, 6) is 0.222. The Morgan fingerprint density at radius 1 is 1.05 bits per heavy atom. The molecule has 4 heteroatoms. The second-order valence-electron chi connectivity index (χ2n) is 4.83. The van der Waals surface area contributed by atoms with Crippen molar-refractivity contribution in [1.82, 2.24) is 0 Å². The van der Waals surface area contributed by atoms with Crippen LogP contribution in [0.2, 0.25) is 0 Å². The number of hydrogen-bond donors (Lipinski definition) is 3. The number of rotatable bonds is 6. The van der Waals surface area contributed by atoms with Crippen LogP contribution >= 0.6 is 0 Å². The lowest BCUT2D eigenvalue weighted by Gasteiger charge is -2.09. The van der Waals surface area contributed by atoms with Gasteiger partial charge in [-0.2, -0.15) is 0 Å². The first-order chi connectivity index (χ1) is 9.72. The molecule has 20 heavy (non-hydrogen) atoms. The number of phenols is 1. The van der Waals surface area contributed by atoms with Crippen LogP contribution < -0.4 is 11.1 Å². The van der Waals surface area contributed by atoms with Crippen molar-refractivity contribution < 1.29 is 9.90 Å². The fourth-order valence-corrected chi connectivity index (χ4v) is 2.22. The molecule has 4 N–H and O–H groups in total. The van der Waals surface area contributed by atoms with E-state index < -0.39 is 0 Å². The van der Waals surface area contributed by atoms with Crippen LogP contribution in [0.4, 0.5) is 5.69 Å². The number of nitrogens with two attached hydrogens (primary N) is 1. The van der Waals surface area contributed by atoms with E-state index in [4.69, 9.17) is 5.73 Å². The van der Waals surface area contributed by atoms with E-state index in [1.807, 2.05) is 24.3 Å². The monoisotopic (exact) mass is 272 g/mol. The van der Waals surface area contributed by atoms with Crippen molar-refractivity contribution in [3.05, 3.63) is 36.4 Å². The molecule has 106 valence electrons. The van der Waals surface area contributed by atoms with Gasteiger partial charge in [0.2, 0.25) is 5.91 Å². The number of nitrogens with one attached hydrogen (secondary N) is 1. The molecule has 2 aromatic rings. The molecule has 0 bridgehead atoms. The summed E-state index contributed by atoms with van der Waals surface area (Å²) in [6.07, 6.45) is 3.27. The number of carbonyl (C=O) groups is 1. The fourth-order valence-electron chi connectivity index (χ4n) is 2.22. The first kappa shape index (κ1) is 14.3. The maximum absolute atomic E-state index is 11.9. The zero-order valence-corrected chi connectivity index (χ0v) is 11.4. The van der Waals surface area contributed by atoms with Crippen molar-refractivity contribution in [2.24, 2.45) is 5.73 Å². The van der Waals surface area contributed by atoms with Crippen molar-refractivity contribution in [3.8, 4) is 5.75 Å². The van der Waals surface area contributed by atoms with Crippen LogP contribution in [0.3, 0.4) is 0 Å². The molecule has 0 aliphatic heterocycles. The summed E-state index contributed by atoms with van der Waals surface area (Å²) in [7, 11) is 0. The predicted molar refractivity (Wildman–Crippen MR) is 81.8 cm³/mol. The van der Waals surface area contributed by atoms with Crippen molar-refractivity contribution in [1.29, 1.82) is 0 Å². The summed E-state index contributed by atoms with van der Waals surface area (Å²) in [6.45, 7) is 0.671. The Labute approximate surface area is 118 Å². The standard InChI is InChI=1S/C16H20N2O2/c17-11-3-1-2-10-16(20)18-14-8-4-7-13-12(14)6-5-9-15(13)19/h4-9,19H,1-3,10-11,17H2,(H,18,20). The highest BCUT2D eigenvalue weighted by Crippen LogP contribution is 2.29. The summed E-state index contributed by atoms with van der Waals surface area (Å²) in [6, 6.07) is 10.8. The molecule has 0 saturated carbocycles. The molecular weight excluding hydrogens is 252 g/mol. The SMILES string of the molecule is NCCCCCC(=O)Nc1cccc2c(O)cccc12. The molecule has 0 aliphatic carbocycles. The molecule has 4 nitrogen and oxygen atoms in total. The lowest BCUT2D eigenvalue weighted by molar-refractivity contribution is -0.116. The predicted octanol–water partition coefficient (Wildman–Crippen LogP) is 3.00. The highest BCUT2D eigenvalue weighted by Gasteiger charge is 2.07. The Balaban J connectivity index is 2.06. The van der Waals surface area contributed by atoms with Gasteiger partial charge >= 0.3 is 0 Å². The molecule has 0 atom stereocenters. The van der Waals surface area contributed by atoms with Gasteiger partial charge in [-0.15, -0.1) is 0 Å². The number of phenolic OH excluding ortho intramolecular Hbond substituents is 1. The molecule has 0 heterocycles. The number of benzene rings is 2. The van der Waals surface area contributed by atoms with E-state index in [0.717, 1.165) is 35.7 Å². The minimum atomic E-state index is -0.00198. The van der Waals surface area contributed by atoms with Gasteiger partial charge in [0, 0.05) is 22.9 Å². The number of aromatic hydroxyl groups is 1. The van der Waals surface area contributed by atoms with E-state index in [1.165, 1.54) is 0 Å². The van der Waals surface area contributed by atoms with Crippen LogP contribution in [0.25, 0.3) is 10.8 Å². The van der Waals surface area contributed by atoms with Gasteiger partial charge in [-0.1, -0.05) is 30.7 Å². The van der Waals surface area contributed by atoms with E-state index in [9.17, 15) is 9.90 Å². The molecule has 1 amide bonds. The first-order valence-corrected chi connectivity index (χ1v) is 6.93. The second-order valence-corrected chi connectivity index (χ2v) is 4.83. The van der Waals surface area contributed by atoms with Crippen LogP contribution in [0.15, 0.2) is 36.4 Å². The number of amides is 1. The van der Waals surface area contributed by atoms with Crippen LogP contribution in [0.5, 0.6) is 5.75 Å². The zero-order valence-electron chi connectivity index (χ0n) is 11.4. The molecule has 2 aromatic carbocycles. The highest BCUT2D eigenvalue weighted by atomic mass is 16.3. The van der Waals surface area contributed by atoms with Gasteiger partial charge in [-0.05, 0) is 31.5 Å². The van der Waals surface area contributed by atoms with Crippen molar-refractivity contribution in [2.75, 3.05) is 11.9 Å². The molecule has 0 fully saturated rings. The van der Waals surface area contributed by atoms with Crippen LogP contribution in [0, 0.1) is 0 Å². The summed E-state index contributed by atoms with van der Waals surface area (Å²) >= 11 is 0. The smallest absolute Gasteiger partial charge is 0.224 e. The Bertz CT molecular complexity index is 596. The van der Waals surface area contributed by atoms with Crippen molar-refractivity contribution in [2.45, 2.75) is 25.7 Å². The van der Waals surface area contributed by atoms with E-state index in [-0.39, 0.29) is 11.7 Å². The maximum Gasteiger partial charge on any atom is 0.224 e. The lowest BCUT2D eigenvalue weighted by atomic mass is 10.1. The molecule has 0 unspecified atom stereocenters. The molecular formula is C16H20N2O2. The number of fused-ring (bicyclic) bond motifs is 1. The Morgan fingerprint density at radius 2 is 1.80 bits per heavy atom. The van der Waals surface area contributed by atoms with Crippen molar-refractivity contribution >= 4 is 22.4 Å². The maximum atomic E-state index is 11.9. The molecule has 0 aromatic heterocycles. The molecule has 0 spiro atoms. The number of carbonyl (C=O) groups excluding carboxylic acids is 1. The molecule has 0 aliphatic rings. The number of anilines is 1. The Hall–Kier alpha value is -2.07. The van der Waals surface area contributed by atoms with E-state index in [1.54, 1.807) is 12.1 Å². The summed E-state index contributed by atoms with van der Waals surface area (Å²) in [4.78, 5) is 11.9. The topological polar surface area (TPSA) is 75.4 Å². The average molecular weight is 272 g/mol. The van der Waals surface area contributed by atoms with Crippen LogP contribution in [-0.2, 0) is 4.79 Å². The van der Waals surface area contributed by atoms with Gasteiger partial charge in [0.15, 0.2) is 0 Å². The summed E-state index contributed by atoms with van der Waals surface area (Å²) in [5.41, 5.74) is 6.16. The quantitative estimate of drug-likeness (QED) is 0.708. The van der Waals surface area contributed by atoms with Gasteiger partial charge in [-0.25, -0.2) is 0 Å². The minimum Gasteiger partial charge on any atom is -0.507 e. The van der Waals surface area contributed by atoms with E-state index in [0.29, 0.717) is 13.0 Å². The first-order valence-electron chi connectivity index (χ1n) is 6.93. The average Bonchev–Trinajstić information content (AvgIpc) is 2.45. The van der Waals surface area contributed by atoms with Crippen molar-refractivity contribution in [3.63, 3.8) is 0 Å². The van der Waals surface area contributed by atoms with Crippen LogP contribution in [0.1, 0.15) is 25.7 Å². The third-order valence-corrected chi connectivity index (χ3v) is 3.28. The van der Waals surface area contributed by atoms with E-state index >= 15 is 0 Å². The van der Waals surface area contributed by atoms with Gasteiger partial charge in [0.05, 0.1) is 0 Å². The molecule has 0 saturated heterocycles. The van der Waals surface area contributed by atoms with Gasteiger partial charge in [-0.3, -0.25) is 4.79 Å². The molecule has 2 rings (SSSR count).